The smallest absolute Gasteiger partial charge is 0.331 e. The van der Waals surface area contributed by atoms with Crippen molar-refractivity contribution in [3.63, 3.8) is 0 Å². The van der Waals surface area contributed by atoms with Crippen LogP contribution in [0.1, 0.15) is 23.7 Å². The average molecular weight is 410 g/mol. The number of nitrogens with zero attached hydrogens (tertiary/aromatic N) is 2. The lowest BCUT2D eigenvalue weighted by molar-refractivity contribution is -0.139. The molecule has 3 rings (SSSR count). The van der Waals surface area contributed by atoms with E-state index in [1.165, 1.54) is 41.4 Å². The fourth-order valence-electron chi connectivity index (χ4n) is 2.62. The van der Waals surface area contributed by atoms with Gasteiger partial charge < -0.3 is 4.74 Å². The highest BCUT2D eigenvalue weighted by molar-refractivity contribution is 7.14. The molecule has 2 aromatic carbocycles. The maximum atomic E-state index is 13.6. The van der Waals surface area contributed by atoms with Gasteiger partial charge in [-0.05, 0) is 36.8 Å². The van der Waals surface area contributed by atoms with Crippen LogP contribution in [0, 0.1) is 12.7 Å². The van der Waals surface area contributed by atoms with Gasteiger partial charge in [-0.3, -0.25) is 9.69 Å². The van der Waals surface area contributed by atoms with Crippen molar-refractivity contribution in [2.24, 2.45) is 0 Å². The molecule has 7 heteroatoms. The third kappa shape index (κ3) is 5.36. The number of hydrogen-bond acceptors (Lipinski definition) is 5. The number of amides is 1. The predicted molar refractivity (Wildman–Crippen MR) is 111 cm³/mol. The monoisotopic (exact) mass is 410 g/mol. The van der Waals surface area contributed by atoms with Crippen molar-refractivity contribution in [2.45, 2.75) is 20.5 Å². The van der Waals surface area contributed by atoms with Gasteiger partial charge in [0, 0.05) is 23.9 Å². The van der Waals surface area contributed by atoms with Gasteiger partial charge in [-0.25, -0.2) is 14.2 Å². The number of carbonyl (C=O) groups is 2. The van der Waals surface area contributed by atoms with E-state index >= 15 is 0 Å². The van der Waals surface area contributed by atoms with E-state index in [9.17, 15) is 14.0 Å². The van der Waals surface area contributed by atoms with Crippen LogP contribution in [0.5, 0.6) is 0 Å². The van der Waals surface area contributed by atoms with E-state index in [0.717, 1.165) is 11.3 Å². The average Bonchev–Trinajstić information content (AvgIpc) is 3.14. The van der Waals surface area contributed by atoms with Crippen molar-refractivity contribution in [2.75, 3.05) is 4.90 Å². The molecule has 1 aromatic heterocycles. The van der Waals surface area contributed by atoms with Crippen LogP contribution in [-0.4, -0.2) is 16.9 Å². The van der Waals surface area contributed by atoms with Crippen LogP contribution < -0.4 is 4.90 Å². The lowest BCUT2D eigenvalue weighted by Crippen LogP contribution is -2.22. The Morgan fingerprint density at radius 2 is 2.00 bits per heavy atom. The van der Waals surface area contributed by atoms with E-state index in [2.05, 4.69) is 4.98 Å². The summed E-state index contributed by atoms with van der Waals surface area (Å²) in [6.07, 6.45) is 2.53. The highest BCUT2D eigenvalue weighted by Crippen LogP contribution is 2.29. The van der Waals surface area contributed by atoms with Crippen LogP contribution in [0.2, 0.25) is 0 Å². The van der Waals surface area contributed by atoms with Crippen molar-refractivity contribution < 1.29 is 18.7 Å². The van der Waals surface area contributed by atoms with Crippen molar-refractivity contribution in [1.82, 2.24) is 4.98 Å². The number of aryl methyl sites for hydroxylation is 1. The molecule has 1 amide bonds. The molecule has 0 atom stereocenters. The molecule has 0 radical (unpaired) electrons. The largest absolute Gasteiger partial charge is 0.456 e. The Bertz CT molecular complexity index is 1060. The molecule has 0 saturated heterocycles. The van der Waals surface area contributed by atoms with Gasteiger partial charge >= 0.3 is 5.97 Å². The van der Waals surface area contributed by atoms with E-state index in [4.69, 9.17) is 4.74 Å². The Balaban J connectivity index is 1.65. The summed E-state index contributed by atoms with van der Waals surface area (Å²) in [5.41, 5.74) is 2.58. The van der Waals surface area contributed by atoms with Gasteiger partial charge in [0.2, 0.25) is 5.91 Å². The fraction of sp³-hybridized carbons (Fsp3) is 0.136. The van der Waals surface area contributed by atoms with Crippen molar-refractivity contribution in [3.8, 4) is 0 Å². The maximum absolute atomic E-state index is 13.6. The number of esters is 1. The highest BCUT2D eigenvalue weighted by atomic mass is 32.1. The Morgan fingerprint density at radius 3 is 2.72 bits per heavy atom. The molecule has 0 aliphatic heterocycles. The van der Waals surface area contributed by atoms with Crippen LogP contribution >= 0.6 is 11.3 Å². The Kier molecular flexibility index (Phi) is 6.51. The van der Waals surface area contributed by atoms with Crippen LogP contribution in [0.4, 0.5) is 15.2 Å². The number of rotatable bonds is 6. The molecule has 29 heavy (non-hydrogen) atoms. The summed E-state index contributed by atoms with van der Waals surface area (Å²) in [6.45, 7) is 3.37. The van der Waals surface area contributed by atoms with E-state index in [1.807, 2.05) is 31.2 Å². The first kappa shape index (κ1) is 20.4. The molecule has 0 spiro atoms. The van der Waals surface area contributed by atoms with Crippen molar-refractivity contribution in [1.29, 1.82) is 0 Å². The number of hydrogen-bond donors (Lipinski definition) is 0. The van der Waals surface area contributed by atoms with Gasteiger partial charge in [-0.2, -0.15) is 0 Å². The molecule has 0 aliphatic carbocycles. The number of ether oxygens (including phenoxy) is 1. The van der Waals surface area contributed by atoms with Crippen molar-refractivity contribution in [3.05, 3.63) is 82.6 Å². The molecule has 5 nitrogen and oxygen atoms in total. The third-order valence-electron chi connectivity index (χ3n) is 3.97. The van der Waals surface area contributed by atoms with Crippen LogP contribution in [-0.2, 0) is 20.9 Å². The molecule has 0 aliphatic rings. The second-order valence-corrected chi connectivity index (χ2v) is 7.11. The van der Waals surface area contributed by atoms with E-state index in [-0.39, 0.29) is 12.5 Å². The van der Waals surface area contributed by atoms with Crippen LogP contribution in [0.15, 0.2) is 60.0 Å². The molecule has 1 heterocycles. The lowest BCUT2D eigenvalue weighted by atomic mass is 10.2. The summed E-state index contributed by atoms with van der Waals surface area (Å²) >= 11 is 1.29. The number of benzene rings is 2. The van der Waals surface area contributed by atoms with Gasteiger partial charge in [0.1, 0.15) is 12.4 Å². The number of thiazole rings is 1. The molecule has 0 N–H and O–H groups in total. The maximum Gasteiger partial charge on any atom is 0.331 e. The molecule has 0 fully saturated rings. The summed E-state index contributed by atoms with van der Waals surface area (Å²) in [7, 11) is 0. The first-order chi connectivity index (χ1) is 13.9. The molecule has 148 valence electrons. The zero-order chi connectivity index (χ0) is 20.8. The van der Waals surface area contributed by atoms with Gasteiger partial charge in [0.05, 0.1) is 11.4 Å². The van der Waals surface area contributed by atoms with E-state index in [0.29, 0.717) is 16.4 Å². The molecular weight excluding hydrogens is 391 g/mol. The van der Waals surface area contributed by atoms with E-state index in [1.54, 1.807) is 23.6 Å². The second-order valence-electron chi connectivity index (χ2n) is 6.28. The number of halogens is 1. The summed E-state index contributed by atoms with van der Waals surface area (Å²) in [4.78, 5) is 30.0. The SMILES string of the molecule is CC(=O)N(c1cccc(C)c1)c1nc(COC(=O)/C=C/c2ccccc2F)cs1. The second kappa shape index (κ2) is 9.25. The normalized spacial score (nSPS) is 10.9. The minimum atomic E-state index is -0.607. The zero-order valence-corrected chi connectivity index (χ0v) is 16.8. The number of anilines is 2. The quantitative estimate of drug-likeness (QED) is 0.422. The number of aromatic nitrogens is 1. The Morgan fingerprint density at radius 1 is 1.21 bits per heavy atom. The molecule has 0 saturated carbocycles. The highest BCUT2D eigenvalue weighted by Gasteiger charge is 2.18. The fourth-order valence-corrected chi connectivity index (χ4v) is 3.49. The third-order valence-corrected chi connectivity index (χ3v) is 4.85. The zero-order valence-electron chi connectivity index (χ0n) is 16.0. The van der Waals surface area contributed by atoms with Gasteiger partial charge in [-0.1, -0.05) is 30.3 Å². The summed E-state index contributed by atoms with van der Waals surface area (Å²) in [5, 5.41) is 2.23. The summed E-state index contributed by atoms with van der Waals surface area (Å²) in [6, 6.07) is 13.7. The Labute approximate surface area is 172 Å². The molecule has 3 aromatic rings. The molecular formula is C22H19FN2O3S. The van der Waals surface area contributed by atoms with Gasteiger partial charge in [0.15, 0.2) is 5.13 Å². The first-order valence-corrected chi connectivity index (χ1v) is 9.73. The van der Waals surface area contributed by atoms with Gasteiger partial charge in [0.25, 0.3) is 0 Å². The Hall–Kier alpha value is -3.32. The van der Waals surface area contributed by atoms with Crippen LogP contribution in [0.25, 0.3) is 6.08 Å². The minimum absolute atomic E-state index is 0.0451. The topological polar surface area (TPSA) is 59.5 Å². The predicted octanol–water partition coefficient (Wildman–Crippen LogP) is 5.03. The summed E-state index contributed by atoms with van der Waals surface area (Å²) in [5.74, 6) is -1.19. The van der Waals surface area contributed by atoms with Crippen molar-refractivity contribution >= 4 is 40.1 Å². The van der Waals surface area contributed by atoms with Gasteiger partial charge in [-0.15, -0.1) is 11.3 Å². The van der Waals surface area contributed by atoms with E-state index < -0.39 is 11.8 Å². The molecule has 0 bridgehead atoms. The minimum Gasteiger partial charge on any atom is -0.456 e. The number of carbonyl (C=O) groups excluding carboxylic acids is 2. The first-order valence-electron chi connectivity index (χ1n) is 8.85. The lowest BCUT2D eigenvalue weighted by Gasteiger charge is -2.18. The standard InChI is InChI=1S/C22H19FN2O3S/c1-15-6-5-8-19(12-15)25(16(2)26)22-24-18(14-29-22)13-28-21(27)11-10-17-7-3-4-9-20(17)23/h3-12,14H,13H2,1-2H3/b11-10+. The molecule has 0 unspecified atom stereocenters. The summed E-state index contributed by atoms with van der Waals surface area (Å²) < 4.78 is 18.7. The van der Waals surface area contributed by atoms with Crippen LogP contribution in [0.3, 0.4) is 0 Å².